The monoisotopic (exact) mass is 321 g/mol. The van der Waals surface area contributed by atoms with E-state index in [1.807, 2.05) is 42.5 Å². The third kappa shape index (κ3) is 3.52. The summed E-state index contributed by atoms with van der Waals surface area (Å²) in [5.74, 6) is -0.452. The van der Waals surface area contributed by atoms with Crippen LogP contribution in [0, 0.1) is 0 Å². The Morgan fingerprint density at radius 1 is 0.739 bits per heavy atom. The van der Waals surface area contributed by atoms with Crippen LogP contribution in [0.25, 0.3) is 0 Å². The van der Waals surface area contributed by atoms with Crippen LogP contribution in [0.15, 0.2) is 91.0 Å². The minimum atomic E-state index is -1.80. The molecule has 0 amide bonds. The molecule has 1 nitrogen and oxygen atoms in total. The molecule has 0 bridgehead atoms. The number of hydrogen-bond acceptors (Lipinski definition) is 1. The summed E-state index contributed by atoms with van der Waals surface area (Å²) < 4.78 is 0. The van der Waals surface area contributed by atoms with Crippen LogP contribution in [-0.2, 0) is 6.16 Å². The summed E-state index contributed by atoms with van der Waals surface area (Å²) in [6.45, 7) is 2.26. The standard InChI is InChI=1S/C21H22OP/c1-23(20-15-9-4-10-16-20,17-18-11-5-2-6-12-18)21(22)19-13-7-3-8-14-19/h2-16,21-22H,17H2,1H3/q+1. The van der Waals surface area contributed by atoms with Crippen molar-refractivity contribution >= 4 is 12.6 Å². The minimum absolute atomic E-state index is 0.452. The molecule has 0 aliphatic carbocycles. The number of benzene rings is 3. The largest absolute Gasteiger partial charge is 0.355 e. The second kappa shape index (κ2) is 7.08. The topological polar surface area (TPSA) is 20.2 Å². The first-order valence-electron chi connectivity index (χ1n) is 7.88. The molecule has 2 unspecified atom stereocenters. The zero-order chi connectivity index (χ0) is 16.1. The normalized spacial score (nSPS) is 14.9. The van der Waals surface area contributed by atoms with Gasteiger partial charge in [0.15, 0.2) is 5.85 Å². The fourth-order valence-corrected chi connectivity index (χ4v) is 6.30. The summed E-state index contributed by atoms with van der Waals surface area (Å²) in [4.78, 5) is 0. The zero-order valence-electron chi connectivity index (χ0n) is 13.3. The van der Waals surface area contributed by atoms with Gasteiger partial charge in [0.25, 0.3) is 0 Å². The summed E-state index contributed by atoms with van der Waals surface area (Å²) in [6.07, 6.45) is 0.897. The van der Waals surface area contributed by atoms with Gasteiger partial charge in [0.1, 0.15) is 0 Å². The van der Waals surface area contributed by atoms with Crippen molar-refractivity contribution in [1.29, 1.82) is 0 Å². The Morgan fingerprint density at radius 3 is 1.78 bits per heavy atom. The summed E-state index contributed by atoms with van der Waals surface area (Å²) in [7, 11) is -1.80. The van der Waals surface area contributed by atoms with E-state index in [-0.39, 0.29) is 0 Å². The van der Waals surface area contributed by atoms with Crippen LogP contribution in [0.1, 0.15) is 17.0 Å². The summed E-state index contributed by atoms with van der Waals surface area (Å²) in [5.41, 5.74) is 2.28. The third-order valence-electron chi connectivity index (χ3n) is 4.34. The molecule has 0 aromatic heterocycles. The predicted molar refractivity (Wildman–Crippen MR) is 100 cm³/mol. The van der Waals surface area contributed by atoms with E-state index in [0.29, 0.717) is 0 Å². The number of rotatable bonds is 5. The number of hydrogen-bond donors (Lipinski definition) is 1. The maximum Gasteiger partial charge on any atom is 0.194 e. The highest BCUT2D eigenvalue weighted by Gasteiger charge is 2.43. The molecule has 116 valence electrons. The summed E-state index contributed by atoms with van der Waals surface area (Å²) in [5, 5.41) is 12.5. The zero-order valence-corrected chi connectivity index (χ0v) is 14.2. The second-order valence-corrected chi connectivity index (χ2v) is 9.89. The lowest BCUT2D eigenvalue weighted by Gasteiger charge is -2.28. The van der Waals surface area contributed by atoms with Crippen LogP contribution in [0.4, 0.5) is 0 Å². The molecule has 3 aromatic carbocycles. The van der Waals surface area contributed by atoms with Crippen LogP contribution in [0.3, 0.4) is 0 Å². The van der Waals surface area contributed by atoms with Crippen molar-refractivity contribution in [3.8, 4) is 0 Å². The van der Waals surface area contributed by atoms with Crippen molar-refractivity contribution in [1.82, 2.24) is 0 Å². The Morgan fingerprint density at radius 2 is 1.22 bits per heavy atom. The van der Waals surface area contributed by atoms with Gasteiger partial charge in [-0.25, -0.2) is 0 Å². The highest BCUT2D eigenvalue weighted by atomic mass is 31.2. The molecule has 0 spiro atoms. The second-order valence-electron chi connectivity index (χ2n) is 6.03. The van der Waals surface area contributed by atoms with Crippen molar-refractivity contribution in [2.75, 3.05) is 6.66 Å². The van der Waals surface area contributed by atoms with Gasteiger partial charge in [-0.05, 0) is 17.7 Å². The van der Waals surface area contributed by atoms with Gasteiger partial charge in [-0.3, -0.25) is 0 Å². The van der Waals surface area contributed by atoms with Gasteiger partial charge in [0, 0.05) is 5.56 Å². The van der Waals surface area contributed by atoms with E-state index in [1.165, 1.54) is 10.9 Å². The molecule has 0 fully saturated rings. The van der Waals surface area contributed by atoms with Crippen LogP contribution in [0.2, 0.25) is 0 Å². The highest BCUT2D eigenvalue weighted by Crippen LogP contribution is 2.66. The van der Waals surface area contributed by atoms with E-state index in [4.69, 9.17) is 0 Å². The first kappa shape index (κ1) is 15.9. The minimum Gasteiger partial charge on any atom is -0.355 e. The van der Waals surface area contributed by atoms with Gasteiger partial charge in [-0.1, -0.05) is 78.9 Å². The predicted octanol–water partition coefficient (Wildman–Crippen LogP) is 4.85. The van der Waals surface area contributed by atoms with Crippen LogP contribution < -0.4 is 5.30 Å². The molecule has 3 rings (SSSR count). The Hall–Kier alpha value is -1.95. The molecule has 0 saturated heterocycles. The van der Waals surface area contributed by atoms with Crippen molar-refractivity contribution in [3.63, 3.8) is 0 Å². The van der Waals surface area contributed by atoms with Gasteiger partial charge >= 0.3 is 0 Å². The molecule has 1 N–H and O–H groups in total. The van der Waals surface area contributed by atoms with Crippen molar-refractivity contribution in [2.24, 2.45) is 0 Å². The lowest BCUT2D eigenvalue weighted by molar-refractivity contribution is 0.261. The van der Waals surface area contributed by atoms with Gasteiger partial charge < -0.3 is 5.11 Å². The molecule has 0 saturated carbocycles. The summed E-state index contributed by atoms with van der Waals surface area (Å²) >= 11 is 0. The van der Waals surface area contributed by atoms with E-state index in [1.54, 1.807) is 0 Å². The lowest BCUT2D eigenvalue weighted by Crippen LogP contribution is -2.19. The Bertz CT molecular complexity index is 728. The molecule has 0 heterocycles. The van der Waals surface area contributed by atoms with E-state index in [0.717, 1.165) is 11.7 Å². The van der Waals surface area contributed by atoms with E-state index < -0.39 is 13.1 Å². The van der Waals surface area contributed by atoms with Gasteiger partial charge in [-0.15, -0.1) is 0 Å². The lowest BCUT2D eigenvalue weighted by atomic mass is 10.2. The van der Waals surface area contributed by atoms with Crippen LogP contribution >= 0.6 is 7.26 Å². The Kier molecular flexibility index (Phi) is 4.91. The Balaban J connectivity index is 2.03. The smallest absolute Gasteiger partial charge is 0.194 e. The van der Waals surface area contributed by atoms with Crippen molar-refractivity contribution in [3.05, 3.63) is 102 Å². The molecule has 0 radical (unpaired) electrons. The average molecular weight is 321 g/mol. The van der Waals surface area contributed by atoms with Crippen molar-refractivity contribution < 1.29 is 5.11 Å². The van der Waals surface area contributed by atoms with Gasteiger partial charge in [0.2, 0.25) is 0 Å². The van der Waals surface area contributed by atoms with Crippen LogP contribution in [-0.4, -0.2) is 11.8 Å². The molecule has 0 aliphatic heterocycles. The number of aliphatic hydroxyl groups is 1. The van der Waals surface area contributed by atoms with Gasteiger partial charge in [0.05, 0.1) is 25.4 Å². The van der Waals surface area contributed by atoms with Crippen LogP contribution in [0.5, 0.6) is 0 Å². The van der Waals surface area contributed by atoms with Gasteiger partial charge in [-0.2, -0.15) is 0 Å². The van der Waals surface area contributed by atoms with E-state index >= 15 is 0 Å². The molecular formula is C21H22OP+. The summed E-state index contributed by atoms with van der Waals surface area (Å²) in [6, 6.07) is 31.0. The molecule has 23 heavy (non-hydrogen) atoms. The quantitative estimate of drug-likeness (QED) is 0.666. The first-order valence-corrected chi connectivity index (χ1v) is 10.4. The highest BCUT2D eigenvalue weighted by molar-refractivity contribution is 7.81. The molecule has 2 atom stereocenters. The van der Waals surface area contributed by atoms with E-state index in [2.05, 4.69) is 55.2 Å². The fraction of sp³-hybridized carbons (Fsp3) is 0.143. The van der Waals surface area contributed by atoms with Crippen molar-refractivity contribution in [2.45, 2.75) is 12.0 Å². The molecule has 3 aromatic rings. The molecule has 2 heteroatoms. The van der Waals surface area contributed by atoms with E-state index in [9.17, 15) is 5.11 Å². The first-order chi connectivity index (χ1) is 11.2. The fourth-order valence-electron chi connectivity index (χ4n) is 3.00. The maximum absolute atomic E-state index is 11.2. The Labute approximate surface area is 139 Å². The average Bonchev–Trinajstić information content (AvgIpc) is 2.63. The number of aliphatic hydroxyl groups excluding tert-OH is 1. The SMILES string of the molecule is C[P+](Cc1ccccc1)(c1ccccc1)C(O)c1ccccc1. The molecular weight excluding hydrogens is 299 g/mol. The maximum atomic E-state index is 11.2. The third-order valence-corrected chi connectivity index (χ3v) is 8.22. The molecule has 0 aliphatic rings.